The third kappa shape index (κ3) is 9.64. The maximum absolute atomic E-state index is 12.5. The number of esters is 2. The molecule has 0 aliphatic carbocycles. The fourth-order valence-corrected chi connectivity index (χ4v) is 7.38. The monoisotopic (exact) mass is 762 g/mol. The van der Waals surface area contributed by atoms with E-state index >= 15 is 0 Å². The van der Waals surface area contributed by atoms with Crippen molar-refractivity contribution in [2.24, 2.45) is 0 Å². The molecule has 8 atom stereocenters. The third-order valence-corrected chi connectivity index (χ3v) is 9.83. The molecule has 18 heteroatoms. The van der Waals surface area contributed by atoms with Crippen LogP contribution in [0.3, 0.4) is 0 Å². The summed E-state index contributed by atoms with van der Waals surface area (Å²) in [4.78, 5) is 77.2. The van der Waals surface area contributed by atoms with E-state index in [2.05, 4.69) is 9.97 Å². The Hall–Kier alpha value is -3.94. The van der Waals surface area contributed by atoms with Crippen molar-refractivity contribution >= 4 is 11.9 Å². The molecular weight excluding hydrogens is 712 g/mol. The fourth-order valence-electron chi connectivity index (χ4n) is 7.38. The van der Waals surface area contributed by atoms with Gasteiger partial charge in [-0.1, -0.05) is 38.5 Å². The second-order valence-corrected chi connectivity index (χ2v) is 15.0. The lowest BCUT2D eigenvalue weighted by molar-refractivity contribution is -0.203. The molecule has 54 heavy (non-hydrogen) atoms. The number of nitrogens with one attached hydrogen (secondary N) is 2. The summed E-state index contributed by atoms with van der Waals surface area (Å²) in [6.07, 6.45) is 4.93. The summed E-state index contributed by atoms with van der Waals surface area (Å²) in [5.74, 6) is -2.53. The van der Waals surface area contributed by atoms with E-state index in [1.54, 1.807) is 27.7 Å². The minimum absolute atomic E-state index is 0.0557. The van der Waals surface area contributed by atoms with Crippen LogP contribution in [0.4, 0.5) is 0 Å². The van der Waals surface area contributed by atoms with Gasteiger partial charge in [0.1, 0.15) is 49.8 Å². The number of aromatic nitrogens is 4. The summed E-state index contributed by atoms with van der Waals surface area (Å²) in [5, 5.41) is 0. The molecule has 8 unspecified atom stereocenters. The molecule has 0 saturated carbocycles. The van der Waals surface area contributed by atoms with E-state index < -0.39 is 83.2 Å². The summed E-state index contributed by atoms with van der Waals surface area (Å²) in [7, 11) is 0. The van der Waals surface area contributed by atoms with E-state index in [4.69, 9.17) is 37.9 Å². The molecule has 4 saturated heterocycles. The molecule has 2 aromatic rings. The number of hydrogen-bond acceptors (Lipinski definition) is 14. The van der Waals surface area contributed by atoms with E-state index in [1.807, 2.05) is 0 Å². The summed E-state index contributed by atoms with van der Waals surface area (Å²) < 4.78 is 49.5. The number of fused-ring (bicyclic) bond motifs is 2. The van der Waals surface area contributed by atoms with E-state index in [1.165, 1.54) is 33.7 Å². The van der Waals surface area contributed by atoms with Crippen LogP contribution in [0.5, 0.6) is 0 Å². The average molecular weight is 763 g/mol. The van der Waals surface area contributed by atoms with Crippen molar-refractivity contribution in [1.82, 2.24) is 19.1 Å². The van der Waals surface area contributed by atoms with E-state index in [-0.39, 0.29) is 38.0 Å². The van der Waals surface area contributed by atoms with Crippen molar-refractivity contribution in [2.45, 2.75) is 153 Å². The average Bonchev–Trinajstić information content (AvgIpc) is 3.80. The quantitative estimate of drug-likeness (QED) is 0.174. The Balaban J connectivity index is 0.812. The first kappa shape index (κ1) is 39.7. The molecular formula is C36H50N4O14. The Labute approximate surface area is 310 Å². The van der Waals surface area contributed by atoms with Crippen molar-refractivity contribution in [1.29, 1.82) is 0 Å². The van der Waals surface area contributed by atoms with Gasteiger partial charge in [-0.05, 0) is 40.5 Å². The lowest BCUT2D eigenvalue weighted by atomic mass is 10.1. The fraction of sp³-hybridized carbons (Fsp3) is 0.722. The first-order valence-corrected chi connectivity index (χ1v) is 18.7. The Morgan fingerprint density at radius 1 is 0.593 bits per heavy atom. The zero-order chi connectivity index (χ0) is 38.6. The highest BCUT2D eigenvalue weighted by atomic mass is 16.8. The smallest absolute Gasteiger partial charge is 0.330 e. The van der Waals surface area contributed by atoms with E-state index in [0.717, 1.165) is 38.5 Å². The topological polar surface area (TPSA) is 218 Å². The zero-order valence-electron chi connectivity index (χ0n) is 31.0. The minimum atomic E-state index is -0.919. The molecule has 6 rings (SSSR count). The molecule has 0 amide bonds. The van der Waals surface area contributed by atoms with Crippen LogP contribution >= 0.6 is 0 Å². The number of carbonyl (C=O) groups excluding carboxylic acids is 2. The number of ether oxygens (including phenoxy) is 8. The van der Waals surface area contributed by atoms with Crippen molar-refractivity contribution < 1.29 is 47.5 Å². The number of H-pyrrole nitrogens is 2. The van der Waals surface area contributed by atoms with Crippen LogP contribution in [0.25, 0.3) is 0 Å². The second kappa shape index (κ2) is 16.8. The van der Waals surface area contributed by atoms with Crippen LogP contribution in [-0.4, -0.2) is 92.5 Å². The largest absolute Gasteiger partial charge is 0.463 e. The molecule has 2 aromatic heterocycles. The zero-order valence-corrected chi connectivity index (χ0v) is 31.0. The van der Waals surface area contributed by atoms with Gasteiger partial charge in [-0.2, -0.15) is 0 Å². The van der Waals surface area contributed by atoms with Gasteiger partial charge in [-0.25, -0.2) is 9.59 Å². The molecule has 18 nitrogen and oxygen atoms in total. The van der Waals surface area contributed by atoms with Gasteiger partial charge in [-0.3, -0.25) is 38.3 Å². The van der Waals surface area contributed by atoms with Gasteiger partial charge in [0.2, 0.25) is 0 Å². The molecule has 0 radical (unpaired) electrons. The number of carbonyl (C=O) groups is 2. The number of unbranched alkanes of at least 4 members (excludes halogenated alkanes) is 7. The van der Waals surface area contributed by atoms with Gasteiger partial charge in [0.05, 0.1) is 0 Å². The van der Waals surface area contributed by atoms with Gasteiger partial charge in [0, 0.05) is 37.4 Å². The number of rotatable bonds is 17. The SMILES string of the molecule is CC1(C)OC2C(COC(=O)CCCCCCCCCCC(=O)OCC3OC(n4ccc(=O)[nH]c4=O)C4OC(C)(C)OC34)OC(n3ccc(=O)[nH]c3=O)C2O1. The predicted molar refractivity (Wildman–Crippen MR) is 186 cm³/mol. The lowest BCUT2D eigenvalue weighted by Gasteiger charge is -2.24. The summed E-state index contributed by atoms with van der Waals surface area (Å²) >= 11 is 0. The first-order valence-electron chi connectivity index (χ1n) is 18.7. The molecule has 0 bridgehead atoms. The second-order valence-electron chi connectivity index (χ2n) is 15.0. The summed E-state index contributed by atoms with van der Waals surface area (Å²) in [6, 6.07) is 2.45. The Morgan fingerprint density at radius 2 is 0.944 bits per heavy atom. The summed E-state index contributed by atoms with van der Waals surface area (Å²) in [5.41, 5.74) is -2.32. The number of nitrogens with zero attached hydrogens (tertiary/aromatic N) is 2. The highest BCUT2D eigenvalue weighted by molar-refractivity contribution is 5.69. The van der Waals surface area contributed by atoms with Gasteiger partial charge in [0.15, 0.2) is 24.0 Å². The molecule has 6 heterocycles. The minimum Gasteiger partial charge on any atom is -0.463 e. The van der Waals surface area contributed by atoms with Crippen LogP contribution in [0, 0.1) is 0 Å². The Morgan fingerprint density at radius 3 is 1.31 bits per heavy atom. The maximum atomic E-state index is 12.5. The van der Waals surface area contributed by atoms with Gasteiger partial charge in [0.25, 0.3) is 11.1 Å². The number of hydrogen-bond donors (Lipinski definition) is 2. The van der Waals surface area contributed by atoms with E-state index in [0.29, 0.717) is 12.8 Å². The molecule has 4 aliphatic heterocycles. The van der Waals surface area contributed by atoms with Gasteiger partial charge in [-0.15, -0.1) is 0 Å². The highest BCUT2D eigenvalue weighted by Gasteiger charge is 2.57. The van der Waals surface area contributed by atoms with Gasteiger partial charge >= 0.3 is 23.3 Å². The Kier molecular flexibility index (Phi) is 12.4. The van der Waals surface area contributed by atoms with E-state index in [9.17, 15) is 28.8 Å². The molecule has 4 fully saturated rings. The Bertz CT molecular complexity index is 1730. The lowest BCUT2D eigenvalue weighted by Crippen LogP contribution is -2.37. The summed E-state index contributed by atoms with van der Waals surface area (Å²) in [6.45, 7) is 6.91. The third-order valence-electron chi connectivity index (χ3n) is 9.83. The van der Waals surface area contributed by atoms with Gasteiger partial charge < -0.3 is 37.9 Å². The highest BCUT2D eigenvalue weighted by Crippen LogP contribution is 2.44. The molecule has 4 aliphatic rings. The van der Waals surface area contributed by atoms with Crippen LogP contribution in [0.2, 0.25) is 0 Å². The molecule has 0 aromatic carbocycles. The van der Waals surface area contributed by atoms with Crippen LogP contribution < -0.4 is 22.5 Å². The van der Waals surface area contributed by atoms with Crippen LogP contribution in [-0.2, 0) is 47.5 Å². The normalized spacial score (nSPS) is 29.2. The standard InChI is InChI=1S/C36H50N4O14/c1-35(2)51-27-21(49-31(29(27)53-35)39-17-15-23(41)37-33(39)45)19-47-25(43)13-11-9-7-5-6-8-10-12-14-26(44)48-20-22-28-30(54-36(3,4)52-28)32(50-22)40-18-16-24(42)38-34(40)46/h15-18,21-22,27-32H,5-14,19-20H2,1-4H3,(H,37,41,45)(H,38,42,46). The van der Waals surface area contributed by atoms with Crippen molar-refractivity contribution in [3.63, 3.8) is 0 Å². The van der Waals surface area contributed by atoms with Crippen molar-refractivity contribution in [3.05, 3.63) is 66.2 Å². The predicted octanol–water partition coefficient (Wildman–Crippen LogP) is 1.91. The van der Waals surface area contributed by atoms with Crippen LogP contribution in [0.1, 0.15) is 104 Å². The number of aromatic amines is 2. The molecule has 298 valence electrons. The first-order chi connectivity index (χ1) is 25.7. The van der Waals surface area contributed by atoms with Crippen molar-refractivity contribution in [2.75, 3.05) is 13.2 Å². The molecule has 0 spiro atoms. The molecule has 2 N–H and O–H groups in total. The maximum Gasteiger partial charge on any atom is 0.330 e. The van der Waals surface area contributed by atoms with Crippen LogP contribution in [0.15, 0.2) is 43.7 Å². The van der Waals surface area contributed by atoms with Crippen molar-refractivity contribution in [3.8, 4) is 0 Å².